The molecule has 0 atom stereocenters. The van der Waals surface area contributed by atoms with Crippen LogP contribution in [-0.2, 0) is 6.42 Å². The van der Waals surface area contributed by atoms with Gasteiger partial charge in [-0.05, 0) is 49.2 Å². The Labute approximate surface area is 157 Å². The van der Waals surface area contributed by atoms with Crippen molar-refractivity contribution >= 4 is 29.1 Å². The molecule has 0 unspecified atom stereocenters. The smallest absolute Gasteiger partial charge is 0.270 e. The predicted octanol–water partition coefficient (Wildman–Crippen LogP) is 4.15. The Morgan fingerprint density at radius 3 is 2.50 bits per heavy atom. The quantitative estimate of drug-likeness (QED) is 0.687. The lowest BCUT2D eigenvalue weighted by Crippen LogP contribution is -2.27. The van der Waals surface area contributed by atoms with E-state index in [1.165, 1.54) is 5.56 Å². The van der Waals surface area contributed by atoms with Gasteiger partial charge in [0.1, 0.15) is 5.69 Å². The molecule has 3 rings (SSSR count). The molecule has 0 radical (unpaired) electrons. The first kappa shape index (κ1) is 17.9. The fourth-order valence-corrected chi connectivity index (χ4v) is 2.58. The van der Waals surface area contributed by atoms with E-state index in [4.69, 9.17) is 11.6 Å². The molecule has 0 aliphatic rings. The fraction of sp³-hybridized carbons (Fsp3) is 0.150. The summed E-state index contributed by atoms with van der Waals surface area (Å²) in [5.41, 5.74) is 3.03. The lowest BCUT2D eigenvalue weighted by Gasteiger charge is -2.09. The molecule has 0 saturated carbocycles. The Morgan fingerprint density at radius 2 is 1.77 bits per heavy atom. The number of carbonyl (C=O) groups excluding carboxylic acids is 1. The number of hydrogen-bond acceptors (Lipinski definition) is 4. The molecule has 0 saturated heterocycles. The minimum absolute atomic E-state index is 0.217. The number of nitrogens with one attached hydrogen (secondary N) is 2. The zero-order valence-corrected chi connectivity index (χ0v) is 15.1. The summed E-state index contributed by atoms with van der Waals surface area (Å²) in [4.78, 5) is 21.0. The van der Waals surface area contributed by atoms with Crippen LogP contribution in [-0.4, -0.2) is 22.4 Å². The number of halogens is 1. The minimum atomic E-state index is -0.217. The largest absolute Gasteiger partial charge is 0.350 e. The van der Waals surface area contributed by atoms with Crippen molar-refractivity contribution in [2.75, 3.05) is 11.9 Å². The molecule has 26 heavy (non-hydrogen) atoms. The molecule has 5 nitrogen and oxygen atoms in total. The minimum Gasteiger partial charge on any atom is -0.350 e. The summed E-state index contributed by atoms with van der Waals surface area (Å²) in [5, 5.41) is 6.64. The van der Waals surface area contributed by atoms with Crippen molar-refractivity contribution in [1.82, 2.24) is 15.3 Å². The van der Waals surface area contributed by atoms with Gasteiger partial charge >= 0.3 is 0 Å². The van der Waals surface area contributed by atoms with Gasteiger partial charge in [0.25, 0.3) is 5.91 Å². The van der Waals surface area contributed by atoms with Crippen LogP contribution in [0, 0.1) is 6.92 Å². The highest BCUT2D eigenvalue weighted by Gasteiger charge is 2.10. The van der Waals surface area contributed by atoms with Gasteiger partial charge in [-0.3, -0.25) is 4.79 Å². The summed E-state index contributed by atoms with van der Waals surface area (Å²) in [6.45, 7) is 2.38. The number of nitrogens with zero attached hydrogens (tertiary/aromatic N) is 2. The second-order valence-electron chi connectivity index (χ2n) is 5.84. The zero-order chi connectivity index (χ0) is 18.4. The summed E-state index contributed by atoms with van der Waals surface area (Å²) >= 11 is 5.89. The van der Waals surface area contributed by atoms with Gasteiger partial charge in [0.15, 0.2) is 0 Å². The van der Waals surface area contributed by atoms with Gasteiger partial charge in [-0.2, -0.15) is 0 Å². The normalized spacial score (nSPS) is 10.4. The Bertz CT molecular complexity index is 882. The van der Waals surface area contributed by atoms with E-state index in [1.807, 2.05) is 49.4 Å². The molecule has 0 bridgehead atoms. The summed E-state index contributed by atoms with van der Waals surface area (Å²) in [6.07, 6.45) is 0.770. The monoisotopic (exact) mass is 366 g/mol. The van der Waals surface area contributed by atoms with Gasteiger partial charge in [0.2, 0.25) is 5.95 Å². The van der Waals surface area contributed by atoms with E-state index in [1.54, 1.807) is 18.2 Å². The molecule has 1 aromatic heterocycles. The maximum atomic E-state index is 12.4. The van der Waals surface area contributed by atoms with Crippen molar-refractivity contribution in [3.8, 4) is 0 Å². The van der Waals surface area contributed by atoms with E-state index in [-0.39, 0.29) is 5.91 Å². The molecule has 1 heterocycles. The SMILES string of the molecule is Cc1cc(C(=O)NCCc2ccccc2)nc(Nc2ccc(Cl)cc2)n1. The van der Waals surface area contributed by atoms with Gasteiger partial charge < -0.3 is 10.6 Å². The molecule has 0 fully saturated rings. The van der Waals surface area contributed by atoms with Crippen LogP contribution in [0.5, 0.6) is 0 Å². The fourth-order valence-electron chi connectivity index (χ4n) is 2.46. The van der Waals surface area contributed by atoms with Crippen molar-refractivity contribution in [3.05, 3.63) is 82.6 Å². The van der Waals surface area contributed by atoms with Gasteiger partial charge in [0.05, 0.1) is 0 Å². The van der Waals surface area contributed by atoms with Gasteiger partial charge in [-0.15, -0.1) is 0 Å². The van der Waals surface area contributed by atoms with E-state index < -0.39 is 0 Å². The average molecular weight is 367 g/mol. The summed E-state index contributed by atoms with van der Waals surface area (Å²) in [5.74, 6) is 0.158. The van der Waals surface area contributed by atoms with Gasteiger partial charge in [-0.1, -0.05) is 41.9 Å². The Hall–Kier alpha value is -2.92. The maximum Gasteiger partial charge on any atom is 0.270 e. The highest BCUT2D eigenvalue weighted by molar-refractivity contribution is 6.30. The van der Waals surface area contributed by atoms with E-state index in [9.17, 15) is 4.79 Å². The van der Waals surface area contributed by atoms with E-state index in [0.717, 1.165) is 12.1 Å². The van der Waals surface area contributed by atoms with Crippen molar-refractivity contribution in [2.45, 2.75) is 13.3 Å². The maximum absolute atomic E-state index is 12.4. The molecular formula is C20H19ClN4O. The summed E-state index contributed by atoms with van der Waals surface area (Å²) in [7, 11) is 0. The Morgan fingerprint density at radius 1 is 1.04 bits per heavy atom. The molecule has 2 N–H and O–H groups in total. The lowest BCUT2D eigenvalue weighted by atomic mass is 10.1. The molecule has 132 valence electrons. The molecule has 2 aromatic carbocycles. The Kier molecular flexibility index (Phi) is 5.81. The van der Waals surface area contributed by atoms with Crippen molar-refractivity contribution < 1.29 is 4.79 Å². The van der Waals surface area contributed by atoms with Crippen LogP contribution in [0.3, 0.4) is 0 Å². The molecule has 0 aliphatic heterocycles. The van der Waals surface area contributed by atoms with Crippen LogP contribution < -0.4 is 10.6 Å². The molecule has 6 heteroatoms. The first-order valence-electron chi connectivity index (χ1n) is 8.30. The van der Waals surface area contributed by atoms with E-state index >= 15 is 0 Å². The van der Waals surface area contributed by atoms with Crippen LogP contribution in [0.15, 0.2) is 60.7 Å². The average Bonchev–Trinajstić information content (AvgIpc) is 2.64. The third-order valence-corrected chi connectivity index (χ3v) is 3.98. The highest BCUT2D eigenvalue weighted by atomic mass is 35.5. The first-order valence-corrected chi connectivity index (χ1v) is 8.68. The third kappa shape index (κ3) is 5.04. The lowest BCUT2D eigenvalue weighted by molar-refractivity contribution is 0.0949. The number of aromatic nitrogens is 2. The van der Waals surface area contributed by atoms with Crippen molar-refractivity contribution in [1.29, 1.82) is 0 Å². The molecule has 0 spiro atoms. The second kappa shape index (κ2) is 8.45. The zero-order valence-electron chi connectivity index (χ0n) is 14.4. The van der Waals surface area contributed by atoms with Gasteiger partial charge in [0, 0.05) is 22.9 Å². The van der Waals surface area contributed by atoms with Crippen LogP contribution in [0.2, 0.25) is 5.02 Å². The van der Waals surface area contributed by atoms with Crippen LogP contribution in [0.4, 0.5) is 11.6 Å². The summed E-state index contributed by atoms with van der Waals surface area (Å²) in [6, 6.07) is 18.9. The summed E-state index contributed by atoms with van der Waals surface area (Å²) < 4.78 is 0. The molecule has 1 amide bonds. The van der Waals surface area contributed by atoms with Crippen LogP contribution >= 0.6 is 11.6 Å². The third-order valence-electron chi connectivity index (χ3n) is 3.73. The standard InChI is InChI=1S/C20H19ClN4O/c1-14-13-18(19(26)22-12-11-15-5-3-2-4-6-15)25-20(23-14)24-17-9-7-16(21)8-10-17/h2-10,13H,11-12H2,1H3,(H,22,26)(H,23,24,25). The van der Waals surface area contributed by atoms with Crippen LogP contribution in [0.1, 0.15) is 21.7 Å². The van der Waals surface area contributed by atoms with E-state index in [2.05, 4.69) is 20.6 Å². The Balaban J connectivity index is 1.64. The number of anilines is 2. The molecular weight excluding hydrogens is 348 g/mol. The first-order chi connectivity index (χ1) is 12.6. The van der Waals surface area contributed by atoms with Crippen LogP contribution in [0.25, 0.3) is 0 Å². The second-order valence-corrected chi connectivity index (χ2v) is 6.28. The highest BCUT2D eigenvalue weighted by Crippen LogP contribution is 2.17. The number of carbonyl (C=O) groups is 1. The number of rotatable bonds is 6. The molecule has 3 aromatic rings. The number of aryl methyl sites for hydroxylation is 1. The molecule has 0 aliphatic carbocycles. The van der Waals surface area contributed by atoms with Crippen molar-refractivity contribution in [2.24, 2.45) is 0 Å². The van der Waals surface area contributed by atoms with Crippen molar-refractivity contribution in [3.63, 3.8) is 0 Å². The topological polar surface area (TPSA) is 66.9 Å². The van der Waals surface area contributed by atoms with E-state index in [0.29, 0.717) is 28.9 Å². The number of benzene rings is 2. The number of amides is 1. The predicted molar refractivity (Wildman–Crippen MR) is 104 cm³/mol. The number of hydrogen-bond donors (Lipinski definition) is 2. The van der Waals surface area contributed by atoms with Gasteiger partial charge in [-0.25, -0.2) is 9.97 Å².